The maximum Gasteiger partial charge on any atom is 0.416 e. The molecule has 11 heteroatoms. The number of aryl methyl sites for hydroxylation is 1. The van der Waals surface area contributed by atoms with Gasteiger partial charge >= 0.3 is 6.18 Å². The Balaban J connectivity index is 1.56. The fraction of sp³-hybridized carbons (Fsp3) is 0.150. The summed E-state index contributed by atoms with van der Waals surface area (Å²) in [6.07, 6.45) is -0.860. The molecule has 0 bridgehead atoms. The van der Waals surface area contributed by atoms with Crippen LogP contribution in [0.4, 0.5) is 18.9 Å². The van der Waals surface area contributed by atoms with Gasteiger partial charge in [0.25, 0.3) is 5.56 Å². The third-order valence-corrected chi connectivity index (χ3v) is 4.57. The number of para-hydroxylation sites is 1. The predicted molar refractivity (Wildman–Crippen MR) is 106 cm³/mol. The van der Waals surface area contributed by atoms with Crippen molar-refractivity contribution in [2.75, 3.05) is 5.32 Å². The number of benzene rings is 2. The number of aromatic nitrogens is 5. The molecule has 0 radical (unpaired) electrons. The van der Waals surface area contributed by atoms with Gasteiger partial charge in [0.15, 0.2) is 0 Å². The van der Waals surface area contributed by atoms with E-state index in [0.29, 0.717) is 10.9 Å². The summed E-state index contributed by atoms with van der Waals surface area (Å²) in [7, 11) is 0. The van der Waals surface area contributed by atoms with Gasteiger partial charge in [-0.25, -0.2) is 14.6 Å². The van der Waals surface area contributed by atoms with E-state index in [9.17, 15) is 22.8 Å². The molecular formula is C20H15F3N6O2. The smallest absolute Gasteiger partial charge is 0.324 e. The molecule has 2 heterocycles. The summed E-state index contributed by atoms with van der Waals surface area (Å²) in [6.45, 7) is 0.0140. The van der Waals surface area contributed by atoms with Crippen molar-refractivity contribution in [3.05, 3.63) is 77.4 Å². The van der Waals surface area contributed by atoms with Crippen LogP contribution in [0.5, 0.6) is 0 Å². The van der Waals surface area contributed by atoms with Crippen molar-refractivity contribution in [1.29, 1.82) is 0 Å². The van der Waals surface area contributed by atoms with Crippen molar-refractivity contribution in [3.63, 3.8) is 0 Å². The molecule has 31 heavy (non-hydrogen) atoms. The monoisotopic (exact) mass is 428 g/mol. The van der Waals surface area contributed by atoms with Crippen molar-refractivity contribution in [2.24, 2.45) is 0 Å². The fourth-order valence-corrected chi connectivity index (χ4v) is 3.04. The van der Waals surface area contributed by atoms with E-state index in [0.717, 1.165) is 12.1 Å². The van der Waals surface area contributed by atoms with Gasteiger partial charge in [0.2, 0.25) is 5.91 Å². The summed E-state index contributed by atoms with van der Waals surface area (Å²) < 4.78 is 41.9. The molecule has 4 aromatic rings. The molecule has 0 aliphatic rings. The van der Waals surface area contributed by atoms with Crippen molar-refractivity contribution in [2.45, 2.75) is 19.1 Å². The Hall–Kier alpha value is -4.02. The molecule has 2 aromatic heterocycles. The highest BCUT2D eigenvalue weighted by atomic mass is 19.4. The number of alkyl halides is 3. The third kappa shape index (κ3) is 4.29. The molecule has 0 aliphatic carbocycles. The Kier molecular flexibility index (Phi) is 5.24. The number of nitrogens with zero attached hydrogens (tertiary/aromatic N) is 5. The molecule has 8 nitrogen and oxygen atoms in total. The molecule has 0 fully saturated rings. The minimum atomic E-state index is -4.58. The molecule has 0 unspecified atom stereocenters. The van der Waals surface area contributed by atoms with Crippen LogP contribution in [0.15, 0.2) is 66.2 Å². The van der Waals surface area contributed by atoms with E-state index in [1.165, 1.54) is 34.3 Å². The van der Waals surface area contributed by atoms with E-state index < -0.39 is 17.6 Å². The molecule has 0 spiro atoms. The van der Waals surface area contributed by atoms with Gasteiger partial charge in [-0.2, -0.15) is 18.3 Å². The number of fused-ring (bicyclic) bond motifs is 1. The lowest BCUT2D eigenvalue weighted by Gasteiger charge is -2.14. The highest BCUT2D eigenvalue weighted by Gasteiger charge is 2.31. The van der Waals surface area contributed by atoms with Gasteiger partial charge in [0.05, 0.1) is 34.2 Å². The van der Waals surface area contributed by atoms with Gasteiger partial charge in [-0.1, -0.05) is 12.1 Å². The molecule has 4 rings (SSSR count). The molecule has 2 aromatic carbocycles. The largest absolute Gasteiger partial charge is 0.416 e. The second-order valence-electron chi connectivity index (χ2n) is 6.63. The minimum Gasteiger partial charge on any atom is -0.324 e. The first-order valence-electron chi connectivity index (χ1n) is 9.13. The lowest BCUT2D eigenvalue weighted by atomic mass is 10.1. The second kappa shape index (κ2) is 8.01. The van der Waals surface area contributed by atoms with Gasteiger partial charge in [-0.05, 0) is 30.3 Å². The maximum atomic E-state index is 13.1. The van der Waals surface area contributed by atoms with Crippen LogP contribution in [0.1, 0.15) is 12.0 Å². The zero-order valence-electron chi connectivity index (χ0n) is 15.9. The molecule has 1 N–H and O–H groups in total. The van der Waals surface area contributed by atoms with E-state index in [1.54, 1.807) is 24.3 Å². The third-order valence-electron chi connectivity index (χ3n) is 4.57. The van der Waals surface area contributed by atoms with Crippen LogP contribution >= 0.6 is 0 Å². The number of hydrogen-bond donors (Lipinski definition) is 1. The van der Waals surface area contributed by atoms with Gasteiger partial charge in [-0.3, -0.25) is 14.2 Å². The number of halogens is 3. The van der Waals surface area contributed by atoms with E-state index in [1.807, 2.05) is 0 Å². The van der Waals surface area contributed by atoms with Gasteiger partial charge < -0.3 is 5.32 Å². The van der Waals surface area contributed by atoms with Crippen LogP contribution in [-0.4, -0.2) is 30.2 Å². The Morgan fingerprint density at radius 1 is 1.10 bits per heavy atom. The molecule has 0 saturated carbocycles. The highest BCUT2D eigenvalue weighted by molar-refractivity contribution is 5.93. The van der Waals surface area contributed by atoms with Crippen LogP contribution in [-0.2, 0) is 17.5 Å². The van der Waals surface area contributed by atoms with Gasteiger partial charge in [-0.15, -0.1) is 0 Å². The molecular weight excluding hydrogens is 413 g/mol. The number of amides is 1. The molecule has 0 atom stereocenters. The lowest BCUT2D eigenvalue weighted by molar-refractivity contribution is -0.137. The first kappa shape index (κ1) is 20.3. The van der Waals surface area contributed by atoms with E-state index in [2.05, 4.69) is 20.4 Å². The van der Waals surface area contributed by atoms with Crippen LogP contribution in [0.2, 0.25) is 0 Å². The maximum absolute atomic E-state index is 13.1. The molecule has 158 valence electrons. The van der Waals surface area contributed by atoms with Crippen molar-refractivity contribution >= 4 is 22.5 Å². The Morgan fingerprint density at radius 3 is 2.65 bits per heavy atom. The Bertz CT molecular complexity index is 1300. The number of nitrogens with one attached hydrogen (secondary N) is 1. The fourth-order valence-electron chi connectivity index (χ4n) is 3.04. The number of carbonyl (C=O) groups excluding carboxylic acids is 1. The van der Waals surface area contributed by atoms with Crippen LogP contribution in [0.25, 0.3) is 16.6 Å². The van der Waals surface area contributed by atoms with Crippen molar-refractivity contribution in [3.8, 4) is 5.69 Å². The van der Waals surface area contributed by atoms with E-state index >= 15 is 0 Å². The molecule has 1 amide bonds. The van der Waals surface area contributed by atoms with Crippen LogP contribution in [0.3, 0.4) is 0 Å². The molecule has 0 saturated heterocycles. The first-order chi connectivity index (χ1) is 14.8. The Labute approximate surface area is 173 Å². The second-order valence-corrected chi connectivity index (χ2v) is 6.63. The summed E-state index contributed by atoms with van der Waals surface area (Å²) in [5.74, 6) is -0.569. The van der Waals surface area contributed by atoms with Crippen LogP contribution < -0.4 is 10.9 Å². The van der Waals surface area contributed by atoms with Crippen molar-refractivity contribution in [1.82, 2.24) is 24.3 Å². The zero-order chi connectivity index (χ0) is 22.0. The van der Waals surface area contributed by atoms with Gasteiger partial charge in [0.1, 0.15) is 12.7 Å². The zero-order valence-corrected chi connectivity index (χ0v) is 15.9. The first-order valence-corrected chi connectivity index (χ1v) is 9.13. The minimum absolute atomic E-state index is 0.0140. The number of hydrogen-bond acceptors (Lipinski definition) is 5. The highest BCUT2D eigenvalue weighted by Crippen LogP contribution is 2.33. The summed E-state index contributed by atoms with van der Waals surface area (Å²) in [4.78, 5) is 32.9. The lowest BCUT2D eigenvalue weighted by Crippen LogP contribution is -2.24. The van der Waals surface area contributed by atoms with Crippen LogP contribution in [0, 0.1) is 0 Å². The summed E-state index contributed by atoms with van der Waals surface area (Å²) >= 11 is 0. The summed E-state index contributed by atoms with van der Waals surface area (Å²) in [5, 5.41) is 6.79. The standard InChI is InChI=1S/C20H15F3N6O2/c21-20(22,23)13-5-6-17(29-11-24-10-26-29)16(9-13)27-18(30)7-8-28-12-25-15-4-2-1-3-14(15)19(28)31/h1-6,9-12H,7-8H2,(H,27,30). The summed E-state index contributed by atoms with van der Waals surface area (Å²) in [5.41, 5.74) is -0.533. The molecule has 0 aliphatic heterocycles. The SMILES string of the molecule is O=C(CCn1cnc2ccccc2c1=O)Nc1cc(C(F)(F)F)ccc1-n1cncn1. The summed E-state index contributed by atoms with van der Waals surface area (Å²) in [6, 6.07) is 9.73. The normalized spacial score (nSPS) is 11.6. The number of anilines is 1. The van der Waals surface area contributed by atoms with Crippen molar-refractivity contribution < 1.29 is 18.0 Å². The number of carbonyl (C=O) groups is 1. The average molecular weight is 428 g/mol. The average Bonchev–Trinajstić information content (AvgIpc) is 3.27. The number of rotatable bonds is 5. The van der Waals surface area contributed by atoms with E-state index in [-0.39, 0.29) is 29.9 Å². The Morgan fingerprint density at radius 2 is 1.90 bits per heavy atom. The van der Waals surface area contributed by atoms with E-state index in [4.69, 9.17) is 0 Å². The topological polar surface area (TPSA) is 94.7 Å². The predicted octanol–water partition coefficient (Wildman–Crippen LogP) is 3.02. The van der Waals surface area contributed by atoms with Gasteiger partial charge in [0, 0.05) is 13.0 Å². The quantitative estimate of drug-likeness (QED) is 0.527.